The minimum atomic E-state index is -0.945. The third-order valence-corrected chi connectivity index (χ3v) is 6.04. The maximum absolute atomic E-state index is 10.6. The van der Waals surface area contributed by atoms with Gasteiger partial charge < -0.3 is 15.7 Å². The summed E-state index contributed by atoms with van der Waals surface area (Å²) in [4.78, 5) is 11.5. The predicted molar refractivity (Wildman–Crippen MR) is 123 cm³/mol. The Balaban J connectivity index is 0.00000338. The second-order valence-electron chi connectivity index (χ2n) is 6.09. The van der Waals surface area contributed by atoms with Crippen molar-refractivity contribution >= 4 is 52.6 Å². The monoisotopic (exact) mass is 508 g/mol. The van der Waals surface area contributed by atoms with E-state index in [1.165, 1.54) is 10.6 Å². The van der Waals surface area contributed by atoms with Crippen LogP contribution in [0.25, 0.3) is 0 Å². The summed E-state index contributed by atoms with van der Waals surface area (Å²) >= 11 is 3.32. The third kappa shape index (κ3) is 6.79. The molecule has 0 amide bonds. The van der Waals surface area contributed by atoms with Gasteiger partial charge in [0, 0.05) is 29.3 Å². The average Bonchev–Trinajstić information content (AvgIpc) is 3.22. The van der Waals surface area contributed by atoms with Gasteiger partial charge in [-0.15, -0.1) is 46.7 Å². The van der Waals surface area contributed by atoms with Crippen LogP contribution in [0, 0.1) is 6.92 Å². The summed E-state index contributed by atoms with van der Waals surface area (Å²) < 4.78 is 0. The average molecular weight is 508 g/mol. The van der Waals surface area contributed by atoms with Crippen molar-refractivity contribution in [1.82, 2.24) is 15.6 Å². The van der Waals surface area contributed by atoms with Crippen LogP contribution in [0.1, 0.15) is 41.2 Å². The van der Waals surface area contributed by atoms with Crippen LogP contribution in [0.5, 0.6) is 0 Å². The van der Waals surface area contributed by atoms with Gasteiger partial charge in [0.15, 0.2) is 5.96 Å². The van der Waals surface area contributed by atoms with Crippen LogP contribution < -0.4 is 10.6 Å². The van der Waals surface area contributed by atoms with Crippen molar-refractivity contribution in [3.8, 4) is 0 Å². The molecule has 5 nitrogen and oxygen atoms in total. The molecule has 0 aromatic carbocycles. The summed E-state index contributed by atoms with van der Waals surface area (Å²) in [5.41, 5.74) is 0.256. The zero-order valence-electron chi connectivity index (χ0n) is 15.8. The molecule has 146 valence electrons. The number of halogens is 1. The van der Waals surface area contributed by atoms with Gasteiger partial charge in [-0.25, -0.2) is 9.98 Å². The van der Waals surface area contributed by atoms with Crippen molar-refractivity contribution in [3.05, 3.63) is 38.0 Å². The van der Waals surface area contributed by atoms with Gasteiger partial charge in [-0.2, -0.15) is 0 Å². The number of aromatic nitrogens is 1. The van der Waals surface area contributed by atoms with E-state index in [0.29, 0.717) is 6.54 Å². The molecule has 2 rings (SSSR count). The summed E-state index contributed by atoms with van der Waals surface area (Å²) in [5, 5.41) is 20.3. The lowest BCUT2D eigenvalue weighted by atomic mass is 10.1. The van der Waals surface area contributed by atoms with E-state index >= 15 is 0 Å². The Morgan fingerprint density at radius 3 is 2.69 bits per heavy atom. The van der Waals surface area contributed by atoms with E-state index in [-0.39, 0.29) is 24.0 Å². The Hall–Kier alpha value is -0.710. The van der Waals surface area contributed by atoms with E-state index in [0.717, 1.165) is 41.8 Å². The Morgan fingerprint density at radius 1 is 1.35 bits per heavy atom. The number of aliphatic hydroxyl groups is 1. The second-order valence-corrected chi connectivity index (χ2v) is 8.32. The fraction of sp³-hybridized carbons (Fsp3) is 0.556. The number of hydrogen-bond acceptors (Lipinski definition) is 5. The van der Waals surface area contributed by atoms with E-state index in [1.54, 1.807) is 29.6 Å². The van der Waals surface area contributed by atoms with Gasteiger partial charge in [0.2, 0.25) is 0 Å². The minimum absolute atomic E-state index is 0. The van der Waals surface area contributed by atoms with E-state index in [4.69, 9.17) is 0 Å². The standard InChI is InChI=1S/C18H28N4OS2.HI/c1-5-14-13(3)25-16(22-14)9-10-20-17(19-6-2)21-12-18(4,23)15-8-7-11-24-15;/h7-8,11,23H,5-6,9-10,12H2,1-4H3,(H2,19,20,21);1H. The van der Waals surface area contributed by atoms with Gasteiger partial charge in [0.05, 0.1) is 17.2 Å². The van der Waals surface area contributed by atoms with Crippen LogP contribution in [-0.4, -0.2) is 35.7 Å². The van der Waals surface area contributed by atoms with Crippen molar-refractivity contribution < 1.29 is 5.11 Å². The van der Waals surface area contributed by atoms with Crippen molar-refractivity contribution in [1.29, 1.82) is 0 Å². The number of thiazole rings is 1. The molecule has 0 saturated carbocycles. The number of nitrogens with zero attached hydrogens (tertiary/aromatic N) is 2. The molecule has 1 unspecified atom stereocenters. The summed E-state index contributed by atoms with van der Waals surface area (Å²) in [6.07, 6.45) is 1.86. The Bertz CT molecular complexity index is 683. The largest absolute Gasteiger partial charge is 0.383 e. The van der Waals surface area contributed by atoms with Crippen LogP contribution in [-0.2, 0) is 18.4 Å². The van der Waals surface area contributed by atoms with E-state index in [1.807, 2.05) is 24.4 Å². The van der Waals surface area contributed by atoms with Gasteiger partial charge in [0.1, 0.15) is 5.60 Å². The quantitative estimate of drug-likeness (QED) is 0.289. The van der Waals surface area contributed by atoms with Crippen molar-refractivity contribution in [2.75, 3.05) is 19.6 Å². The molecule has 2 aromatic rings. The molecule has 0 fully saturated rings. The topological polar surface area (TPSA) is 69.5 Å². The Labute approximate surface area is 181 Å². The maximum Gasteiger partial charge on any atom is 0.191 e. The van der Waals surface area contributed by atoms with Gasteiger partial charge in [-0.3, -0.25) is 0 Å². The first-order valence-electron chi connectivity index (χ1n) is 8.70. The first kappa shape index (κ1) is 23.3. The molecule has 1 atom stereocenters. The number of nitrogens with one attached hydrogen (secondary N) is 2. The molecule has 0 aliphatic carbocycles. The zero-order valence-corrected chi connectivity index (χ0v) is 19.8. The van der Waals surface area contributed by atoms with Crippen molar-refractivity contribution in [2.45, 2.75) is 46.1 Å². The van der Waals surface area contributed by atoms with E-state index < -0.39 is 5.60 Å². The molecular formula is C18H29IN4OS2. The van der Waals surface area contributed by atoms with Gasteiger partial charge in [-0.1, -0.05) is 13.0 Å². The first-order valence-corrected chi connectivity index (χ1v) is 10.4. The molecule has 0 aliphatic rings. The summed E-state index contributed by atoms with van der Waals surface area (Å²) in [7, 11) is 0. The smallest absolute Gasteiger partial charge is 0.191 e. The molecule has 2 aromatic heterocycles. The highest BCUT2D eigenvalue weighted by Gasteiger charge is 2.23. The Morgan fingerprint density at radius 2 is 2.12 bits per heavy atom. The molecule has 2 heterocycles. The van der Waals surface area contributed by atoms with Crippen molar-refractivity contribution in [2.24, 2.45) is 4.99 Å². The minimum Gasteiger partial charge on any atom is -0.383 e. The highest BCUT2D eigenvalue weighted by molar-refractivity contribution is 14.0. The lowest BCUT2D eigenvalue weighted by Gasteiger charge is -2.20. The molecule has 0 saturated heterocycles. The summed E-state index contributed by atoms with van der Waals surface area (Å²) in [5.74, 6) is 0.725. The molecule has 26 heavy (non-hydrogen) atoms. The predicted octanol–water partition coefficient (Wildman–Crippen LogP) is 3.70. The lowest BCUT2D eigenvalue weighted by Crippen LogP contribution is -2.39. The first-order chi connectivity index (χ1) is 12.0. The SMILES string of the molecule is CCNC(=NCC(C)(O)c1cccs1)NCCc1nc(CC)c(C)s1.I. The molecule has 0 bridgehead atoms. The highest BCUT2D eigenvalue weighted by Crippen LogP contribution is 2.25. The number of rotatable bonds is 8. The van der Waals surface area contributed by atoms with Crippen LogP contribution in [0.3, 0.4) is 0 Å². The molecule has 0 spiro atoms. The van der Waals surface area contributed by atoms with Crippen LogP contribution in [0.4, 0.5) is 0 Å². The zero-order chi connectivity index (χ0) is 18.3. The van der Waals surface area contributed by atoms with Crippen LogP contribution >= 0.6 is 46.7 Å². The Kier molecular flexibility index (Phi) is 10.1. The normalized spacial score (nSPS) is 13.8. The van der Waals surface area contributed by atoms with Gasteiger partial charge in [0.25, 0.3) is 0 Å². The molecule has 0 radical (unpaired) electrons. The number of aryl methyl sites for hydroxylation is 2. The summed E-state index contributed by atoms with van der Waals surface area (Å²) in [6, 6.07) is 3.89. The van der Waals surface area contributed by atoms with E-state index in [2.05, 4.69) is 34.5 Å². The fourth-order valence-corrected chi connectivity index (χ4v) is 4.25. The molecule has 3 N–H and O–H groups in total. The number of aliphatic imine (C=N–C) groups is 1. The summed E-state index contributed by atoms with van der Waals surface area (Å²) in [6.45, 7) is 9.97. The maximum atomic E-state index is 10.6. The van der Waals surface area contributed by atoms with Crippen LogP contribution in [0.2, 0.25) is 0 Å². The van der Waals surface area contributed by atoms with Gasteiger partial charge >= 0.3 is 0 Å². The second kappa shape index (κ2) is 11.2. The number of guanidine groups is 1. The molecule has 8 heteroatoms. The van der Waals surface area contributed by atoms with Gasteiger partial charge in [-0.05, 0) is 38.6 Å². The number of thiophene rings is 1. The molecular weight excluding hydrogens is 479 g/mol. The number of hydrogen-bond donors (Lipinski definition) is 3. The van der Waals surface area contributed by atoms with E-state index in [9.17, 15) is 5.11 Å². The third-order valence-electron chi connectivity index (χ3n) is 3.84. The fourth-order valence-electron chi connectivity index (χ4n) is 2.45. The van der Waals surface area contributed by atoms with Crippen LogP contribution in [0.15, 0.2) is 22.5 Å². The lowest BCUT2D eigenvalue weighted by molar-refractivity contribution is 0.0711. The molecule has 0 aliphatic heterocycles. The highest BCUT2D eigenvalue weighted by atomic mass is 127. The van der Waals surface area contributed by atoms with Crippen molar-refractivity contribution in [3.63, 3.8) is 0 Å².